The Morgan fingerprint density at radius 2 is 1.85 bits per heavy atom. The van der Waals surface area contributed by atoms with E-state index in [-0.39, 0.29) is 17.3 Å². The monoisotopic (exact) mass is 385 g/mol. The zero-order valence-corrected chi connectivity index (χ0v) is 14.8. The number of para-hydroxylation sites is 3. The lowest BCUT2D eigenvalue weighted by atomic mass is 9.92. The number of hydrogen-bond donors (Lipinski definition) is 1. The van der Waals surface area contributed by atoms with Gasteiger partial charge in [-0.15, -0.1) is 11.6 Å². The summed E-state index contributed by atoms with van der Waals surface area (Å²) >= 11 is 11.7. The highest BCUT2D eigenvalue weighted by Gasteiger charge is 2.50. The number of aromatic nitrogens is 1. The SMILES string of the molecule is O=C1C(Cl)C(c2cc3ccccc3[nH]c2=S)N1c1ccccc1[N+](=O)[O-]. The number of fused-ring (bicyclic) bond motifs is 1. The standard InChI is InChI=1S/C18H12ClN3O3S/c19-15-16(11-9-10-5-1-2-6-12(10)20-17(11)26)21(18(15)23)13-7-3-4-8-14(13)22(24)25/h1-9,15-16H,(H,20,26). The van der Waals surface area contributed by atoms with Crippen LogP contribution in [0.3, 0.4) is 0 Å². The Hall–Kier alpha value is -2.77. The van der Waals surface area contributed by atoms with Crippen molar-refractivity contribution < 1.29 is 9.72 Å². The molecule has 4 rings (SSSR count). The van der Waals surface area contributed by atoms with Crippen LogP contribution in [0.25, 0.3) is 10.9 Å². The van der Waals surface area contributed by atoms with E-state index < -0.39 is 16.3 Å². The lowest BCUT2D eigenvalue weighted by Gasteiger charge is -2.44. The summed E-state index contributed by atoms with van der Waals surface area (Å²) < 4.78 is 0.454. The molecule has 1 aromatic heterocycles. The summed E-state index contributed by atoms with van der Waals surface area (Å²) in [5, 5.41) is 11.4. The van der Waals surface area contributed by atoms with Crippen molar-refractivity contribution in [2.24, 2.45) is 0 Å². The van der Waals surface area contributed by atoms with Gasteiger partial charge in [0, 0.05) is 17.1 Å². The van der Waals surface area contributed by atoms with Crippen LogP contribution < -0.4 is 4.90 Å². The molecule has 8 heteroatoms. The van der Waals surface area contributed by atoms with Crippen LogP contribution in [0, 0.1) is 14.8 Å². The number of carbonyl (C=O) groups is 1. The minimum Gasteiger partial charge on any atom is -0.346 e. The summed E-state index contributed by atoms with van der Waals surface area (Å²) in [6.07, 6.45) is 0. The second kappa shape index (κ2) is 6.19. The number of H-pyrrole nitrogens is 1. The molecule has 0 spiro atoms. The normalized spacial score (nSPS) is 19.4. The minimum absolute atomic E-state index is 0.148. The molecule has 130 valence electrons. The molecule has 26 heavy (non-hydrogen) atoms. The van der Waals surface area contributed by atoms with Crippen LogP contribution in [-0.2, 0) is 4.79 Å². The summed E-state index contributed by atoms with van der Waals surface area (Å²) in [6, 6.07) is 15.0. The number of anilines is 1. The maximum atomic E-state index is 12.4. The van der Waals surface area contributed by atoms with Crippen molar-refractivity contribution in [1.82, 2.24) is 4.98 Å². The van der Waals surface area contributed by atoms with Crippen LogP contribution in [0.4, 0.5) is 11.4 Å². The van der Waals surface area contributed by atoms with E-state index in [2.05, 4.69) is 4.98 Å². The van der Waals surface area contributed by atoms with Crippen molar-refractivity contribution in [3.63, 3.8) is 0 Å². The van der Waals surface area contributed by atoms with Gasteiger partial charge in [-0.2, -0.15) is 0 Å². The molecule has 2 unspecified atom stereocenters. The molecular formula is C18H12ClN3O3S. The van der Waals surface area contributed by atoms with Crippen molar-refractivity contribution in [2.45, 2.75) is 11.4 Å². The van der Waals surface area contributed by atoms with Crippen LogP contribution in [0.5, 0.6) is 0 Å². The second-order valence-corrected chi connectivity index (χ2v) is 6.82. The Labute approximate surface area is 158 Å². The van der Waals surface area contributed by atoms with E-state index in [1.807, 2.05) is 30.3 Å². The van der Waals surface area contributed by atoms with Crippen molar-refractivity contribution >= 4 is 52.0 Å². The van der Waals surface area contributed by atoms with Crippen LogP contribution in [-0.4, -0.2) is 21.2 Å². The third-order valence-corrected chi connectivity index (χ3v) is 5.23. The number of nitrogens with one attached hydrogen (secondary N) is 1. The molecule has 0 radical (unpaired) electrons. The number of nitro groups is 1. The number of nitro benzene ring substituents is 1. The van der Waals surface area contributed by atoms with Gasteiger partial charge in [-0.05, 0) is 23.6 Å². The fourth-order valence-corrected chi connectivity index (χ4v) is 3.87. The topological polar surface area (TPSA) is 79.2 Å². The number of hydrogen-bond acceptors (Lipinski definition) is 4. The summed E-state index contributed by atoms with van der Waals surface area (Å²) in [4.78, 5) is 27.7. The van der Waals surface area contributed by atoms with E-state index in [1.165, 1.54) is 11.0 Å². The van der Waals surface area contributed by atoms with E-state index in [0.29, 0.717) is 10.2 Å². The van der Waals surface area contributed by atoms with Crippen LogP contribution in [0.15, 0.2) is 54.6 Å². The minimum atomic E-state index is -0.828. The molecule has 0 aliphatic carbocycles. The van der Waals surface area contributed by atoms with Gasteiger partial charge in [0.1, 0.15) is 15.7 Å². The molecule has 1 N–H and O–H groups in total. The number of nitrogens with zero attached hydrogens (tertiary/aromatic N) is 2. The van der Waals surface area contributed by atoms with E-state index in [9.17, 15) is 14.9 Å². The number of aromatic amines is 1. The zero-order chi connectivity index (χ0) is 18.4. The predicted molar refractivity (Wildman–Crippen MR) is 102 cm³/mol. The fourth-order valence-electron chi connectivity index (χ4n) is 3.23. The van der Waals surface area contributed by atoms with Gasteiger partial charge >= 0.3 is 0 Å². The largest absolute Gasteiger partial charge is 0.346 e. The lowest BCUT2D eigenvalue weighted by molar-refractivity contribution is -0.384. The van der Waals surface area contributed by atoms with Gasteiger partial charge in [0.05, 0.1) is 11.0 Å². The molecule has 0 bridgehead atoms. The quantitative estimate of drug-likeness (QED) is 0.237. The van der Waals surface area contributed by atoms with Gasteiger partial charge in [0.15, 0.2) is 0 Å². The fraction of sp³-hybridized carbons (Fsp3) is 0.111. The third kappa shape index (κ3) is 2.48. The molecule has 1 fully saturated rings. The molecule has 2 atom stereocenters. The third-order valence-electron chi connectivity index (χ3n) is 4.47. The molecule has 0 saturated carbocycles. The van der Waals surface area contributed by atoms with E-state index >= 15 is 0 Å². The number of rotatable bonds is 3. The number of β-lactam (4-membered cyclic amide) rings is 1. The van der Waals surface area contributed by atoms with Crippen LogP contribution in [0.2, 0.25) is 0 Å². The van der Waals surface area contributed by atoms with Gasteiger partial charge in [-0.1, -0.05) is 42.5 Å². The molecule has 1 aliphatic rings. The highest BCUT2D eigenvalue weighted by atomic mass is 35.5. The smallest absolute Gasteiger partial charge is 0.292 e. The number of alkyl halides is 1. The molecule has 6 nitrogen and oxygen atoms in total. The molecule has 3 aromatic rings. The first kappa shape index (κ1) is 16.7. The van der Waals surface area contributed by atoms with Gasteiger partial charge in [0.25, 0.3) is 5.69 Å². The predicted octanol–water partition coefficient (Wildman–Crippen LogP) is 4.50. The zero-order valence-electron chi connectivity index (χ0n) is 13.3. The van der Waals surface area contributed by atoms with Crippen LogP contribution >= 0.6 is 23.8 Å². The highest BCUT2D eigenvalue weighted by molar-refractivity contribution is 7.71. The molecule has 2 aromatic carbocycles. The summed E-state index contributed by atoms with van der Waals surface area (Å²) in [7, 11) is 0. The van der Waals surface area contributed by atoms with Crippen LogP contribution in [0.1, 0.15) is 11.6 Å². The first-order chi connectivity index (χ1) is 12.5. The number of amides is 1. The van der Waals surface area contributed by atoms with E-state index in [4.69, 9.17) is 23.8 Å². The molecular weight excluding hydrogens is 374 g/mol. The van der Waals surface area contributed by atoms with Gasteiger partial charge in [-0.3, -0.25) is 19.8 Å². The van der Waals surface area contributed by atoms with Crippen molar-refractivity contribution in [2.75, 3.05) is 4.90 Å². The Morgan fingerprint density at radius 1 is 1.15 bits per heavy atom. The van der Waals surface area contributed by atoms with Gasteiger partial charge < -0.3 is 4.98 Å². The maximum Gasteiger partial charge on any atom is 0.292 e. The van der Waals surface area contributed by atoms with Crippen molar-refractivity contribution in [3.8, 4) is 0 Å². The Kier molecular flexibility index (Phi) is 3.97. The second-order valence-electron chi connectivity index (χ2n) is 5.94. The average Bonchev–Trinajstić information content (AvgIpc) is 2.65. The number of carbonyl (C=O) groups excluding carboxylic acids is 1. The molecule has 1 amide bonds. The Morgan fingerprint density at radius 3 is 2.62 bits per heavy atom. The van der Waals surface area contributed by atoms with Gasteiger partial charge in [0.2, 0.25) is 5.91 Å². The molecule has 1 aliphatic heterocycles. The molecule has 1 saturated heterocycles. The average molecular weight is 386 g/mol. The maximum absolute atomic E-state index is 12.4. The van der Waals surface area contributed by atoms with Crippen molar-refractivity contribution in [3.05, 3.63) is 74.9 Å². The summed E-state index contributed by atoms with van der Waals surface area (Å²) in [6.45, 7) is 0. The first-order valence-electron chi connectivity index (χ1n) is 7.81. The first-order valence-corrected chi connectivity index (χ1v) is 8.66. The van der Waals surface area contributed by atoms with Crippen molar-refractivity contribution in [1.29, 1.82) is 0 Å². The lowest BCUT2D eigenvalue weighted by Crippen LogP contribution is -2.56. The molecule has 2 heterocycles. The number of benzene rings is 2. The summed E-state index contributed by atoms with van der Waals surface area (Å²) in [5.41, 5.74) is 1.60. The summed E-state index contributed by atoms with van der Waals surface area (Å²) in [5.74, 6) is -0.381. The van der Waals surface area contributed by atoms with E-state index in [0.717, 1.165) is 10.9 Å². The highest BCUT2D eigenvalue weighted by Crippen LogP contribution is 2.45. The Bertz CT molecular complexity index is 1110. The van der Waals surface area contributed by atoms with Gasteiger partial charge in [-0.25, -0.2) is 0 Å². The number of pyridine rings is 1. The Balaban J connectivity index is 1.86. The number of halogens is 1. The van der Waals surface area contributed by atoms with E-state index in [1.54, 1.807) is 18.2 Å².